The minimum Gasteiger partial charge on any atom is -0.472 e. The zero-order chi connectivity index (χ0) is 16.3. The molecule has 1 atom stereocenters. The van der Waals surface area contributed by atoms with Gasteiger partial charge in [0.1, 0.15) is 11.9 Å². The summed E-state index contributed by atoms with van der Waals surface area (Å²) in [5.41, 5.74) is 0.659. The normalized spacial score (nSPS) is 19.0. The first-order chi connectivity index (χ1) is 10.2. The number of nitrogens with one attached hydrogen (secondary N) is 1. The number of hydrogen-bond acceptors (Lipinski definition) is 4. The van der Waals surface area contributed by atoms with Gasteiger partial charge >= 0.3 is 6.03 Å². The number of urea groups is 1. The lowest BCUT2D eigenvalue weighted by molar-refractivity contribution is 0.0950. The Kier molecular flexibility index (Phi) is 4.88. The van der Waals surface area contributed by atoms with Crippen LogP contribution in [0.5, 0.6) is 5.88 Å². The molecule has 1 aliphatic heterocycles. The van der Waals surface area contributed by atoms with Crippen LogP contribution >= 0.6 is 0 Å². The van der Waals surface area contributed by atoms with Crippen molar-refractivity contribution in [3.63, 3.8) is 0 Å². The second kappa shape index (κ2) is 6.50. The van der Waals surface area contributed by atoms with Gasteiger partial charge in [0.15, 0.2) is 0 Å². The molecule has 0 radical (unpaired) electrons. The van der Waals surface area contributed by atoms with E-state index in [1.807, 2.05) is 45.6 Å². The maximum absolute atomic E-state index is 12.3. The van der Waals surface area contributed by atoms with Crippen molar-refractivity contribution >= 4 is 6.03 Å². The molecule has 0 aromatic carbocycles. The molecule has 22 heavy (non-hydrogen) atoms. The van der Waals surface area contributed by atoms with Crippen molar-refractivity contribution in [2.24, 2.45) is 0 Å². The average Bonchev–Trinajstić information content (AvgIpc) is 2.35. The van der Waals surface area contributed by atoms with Crippen molar-refractivity contribution in [3.8, 4) is 5.88 Å². The molecule has 2 rings (SSSR count). The Morgan fingerprint density at radius 1 is 1.36 bits per heavy atom. The first-order valence-corrected chi connectivity index (χ1v) is 7.79. The van der Waals surface area contributed by atoms with Crippen molar-refractivity contribution in [3.05, 3.63) is 17.6 Å². The van der Waals surface area contributed by atoms with E-state index in [4.69, 9.17) is 4.74 Å². The van der Waals surface area contributed by atoms with Crippen LogP contribution in [0.2, 0.25) is 0 Å². The monoisotopic (exact) mass is 306 g/mol. The van der Waals surface area contributed by atoms with E-state index >= 15 is 0 Å². The van der Waals surface area contributed by atoms with Crippen LogP contribution < -0.4 is 10.1 Å². The van der Waals surface area contributed by atoms with Crippen molar-refractivity contribution in [2.45, 2.75) is 59.1 Å². The SMILES string of the molecule is Cc1cc(OC2CCCN(C(=O)NC(C)(C)C)C2)nc(C)n1. The van der Waals surface area contributed by atoms with E-state index in [0.29, 0.717) is 18.2 Å². The number of piperidine rings is 1. The molecule has 6 heteroatoms. The summed E-state index contributed by atoms with van der Waals surface area (Å²) in [4.78, 5) is 22.6. The zero-order valence-electron chi connectivity index (χ0n) is 14.1. The number of amides is 2. The number of likely N-dealkylation sites (tertiary alicyclic amines) is 1. The van der Waals surface area contributed by atoms with E-state index in [-0.39, 0.29) is 17.7 Å². The summed E-state index contributed by atoms with van der Waals surface area (Å²) in [5, 5.41) is 3.00. The number of aromatic nitrogens is 2. The van der Waals surface area contributed by atoms with Gasteiger partial charge in [-0.05, 0) is 47.5 Å². The lowest BCUT2D eigenvalue weighted by atomic mass is 10.1. The maximum Gasteiger partial charge on any atom is 0.317 e. The van der Waals surface area contributed by atoms with Crippen LogP contribution in [0.4, 0.5) is 4.79 Å². The van der Waals surface area contributed by atoms with Crippen LogP contribution in [0.25, 0.3) is 0 Å². The summed E-state index contributed by atoms with van der Waals surface area (Å²) < 4.78 is 5.95. The Morgan fingerprint density at radius 3 is 2.73 bits per heavy atom. The fourth-order valence-corrected chi connectivity index (χ4v) is 2.53. The van der Waals surface area contributed by atoms with E-state index in [9.17, 15) is 4.79 Å². The number of aryl methyl sites for hydroxylation is 2. The molecule has 1 unspecified atom stereocenters. The van der Waals surface area contributed by atoms with Gasteiger partial charge in [-0.2, -0.15) is 4.98 Å². The molecule has 1 N–H and O–H groups in total. The van der Waals surface area contributed by atoms with Crippen LogP contribution in [-0.2, 0) is 0 Å². The van der Waals surface area contributed by atoms with Crippen molar-refractivity contribution in [1.82, 2.24) is 20.2 Å². The number of nitrogens with zero attached hydrogens (tertiary/aromatic N) is 3. The summed E-state index contributed by atoms with van der Waals surface area (Å²) >= 11 is 0. The number of carbonyl (C=O) groups excluding carboxylic acids is 1. The molecule has 1 aromatic rings. The standard InChI is InChI=1S/C16H26N4O2/c1-11-9-14(18-12(2)17-11)22-13-7-6-8-20(10-13)15(21)19-16(3,4)5/h9,13H,6-8,10H2,1-5H3,(H,19,21). The van der Waals surface area contributed by atoms with Gasteiger partial charge in [-0.1, -0.05) is 0 Å². The molecule has 2 amide bonds. The van der Waals surface area contributed by atoms with Crippen LogP contribution in [0.3, 0.4) is 0 Å². The number of hydrogen-bond donors (Lipinski definition) is 1. The van der Waals surface area contributed by atoms with Crippen LogP contribution in [0.1, 0.15) is 45.1 Å². The second-order valence-corrected chi connectivity index (χ2v) is 6.90. The summed E-state index contributed by atoms with van der Waals surface area (Å²) in [5.74, 6) is 1.29. The van der Waals surface area contributed by atoms with Gasteiger partial charge in [-0.3, -0.25) is 0 Å². The molecule has 0 aliphatic carbocycles. The summed E-state index contributed by atoms with van der Waals surface area (Å²) in [6.07, 6.45) is 1.85. The second-order valence-electron chi connectivity index (χ2n) is 6.90. The largest absolute Gasteiger partial charge is 0.472 e. The molecular formula is C16H26N4O2. The van der Waals surface area contributed by atoms with E-state index in [1.54, 1.807) is 0 Å². The van der Waals surface area contributed by atoms with E-state index in [0.717, 1.165) is 25.1 Å². The Balaban J connectivity index is 1.97. The van der Waals surface area contributed by atoms with E-state index in [2.05, 4.69) is 15.3 Å². The third-order valence-electron chi connectivity index (χ3n) is 3.38. The van der Waals surface area contributed by atoms with E-state index in [1.165, 1.54) is 0 Å². The number of carbonyl (C=O) groups is 1. The quantitative estimate of drug-likeness (QED) is 0.911. The fraction of sp³-hybridized carbons (Fsp3) is 0.688. The molecule has 1 aromatic heterocycles. The van der Waals surface area contributed by atoms with Gasteiger partial charge in [0.2, 0.25) is 5.88 Å². The minimum absolute atomic E-state index is 0.0202. The predicted molar refractivity (Wildman–Crippen MR) is 85.0 cm³/mol. The lowest BCUT2D eigenvalue weighted by Gasteiger charge is -2.34. The Labute approximate surface area is 132 Å². The van der Waals surface area contributed by atoms with Gasteiger partial charge in [-0.25, -0.2) is 9.78 Å². The molecular weight excluding hydrogens is 280 g/mol. The molecule has 1 fully saturated rings. The topological polar surface area (TPSA) is 67.3 Å². The van der Waals surface area contributed by atoms with E-state index < -0.39 is 0 Å². The van der Waals surface area contributed by atoms with Crippen LogP contribution in [0, 0.1) is 13.8 Å². The highest BCUT2D eigenvalue weighted by Gasteiger charge is 2.27. The molecule has 1 saturated heterocycles. The molecule has 6 nitrogen and oxygen atoms in total. The van der Waals surface area contributed by atoms with Crippen molar-refractivity contribution in [1.29, 1.82) is 0 Å². The smallest absolute Gasteiger partial charge is 0.317 e. The molecule has 2 heterocycles. The fourth-order valence-electron chi connectivity index (χ4n) is 2.53. The number of ether oxygens (including phenoxy) is 1. The Hall–Kier alpha value is -1.85. The summed E-state index contributed by atoms with van der Waals surface area (Å²) in [6.45, 7) is 11.1. The predicted octanol–water partition coefficient (Wildman–Crippen LogP) is 2.44. The lowest BCUT2D eigenvalue weighted by Crippen LogP contribution is -2.53. The summed E-state index contributed by atoms with van der Waals surface area (Å²) in [6, 6.07) is 1.80. The molecule has 0 saturated carbocycles. The molecule has 122 valence electrons. The first-order valence-electron chi connectivity index (χ1n) is 7.79. The Morgan fingerprint density at radius 2 is 2.09 bits per heavy atom. The average molecular weight is 306 g/mol. The third kappa shape index (κ3) is 4.86. The van der Waals surface area contributed by atoms with Crippen molar-refractivity contribution in [2.75, 3.05) is 13.1 Å². The maximum atomic E-state index is 12.3. The van der Waals surface area contributed by atoms with Gasteiger partial charge in [0, 0.05) is 23.8 Å². The number of rotatable bonds is 2. The molecule has 0 spiro atoms. The van der Waals surface area contributed by atoms with Gasteiger partial charge < -0.3 is 15.0 Å². The third-order valence-corrected chi connectivity index (χ3v) is 3.38. The highest BCUT2D eigenvalue weighted by Crippen LogP contribution is 2.18. The minimum atomic E-state index is -0.230. The van der Waals surface area contributed by atoms with Gasteiger partial charge in [-0.15, -0.1) is 0 Å². The van der Waals surface area contributed by atoms with Gasteiger partial charge in [0.25, 0.3) is 0 Å². The summed E-state index contributed by atoms with van der Waals surface area (Å²) in [7, 11) is 0. The first kappa shape index (κ1) is 16.5. The zero-order valence-corrected chi connectivity index (χ0v) is 14.1. The molecule has 0 bridgehead atoms. The van der Waals surface area contributed by atoms with Crippen LogP contribution in [0.15, 0.2) is 6.07 Å². The van der Waals surface area contributed by atoms with Crippen molar-refractivity contribution < 1.29 is 9.53 Å². The Bertz CT molecular complexity index is 519. The highest BCUT2D eigenvalue weighted by molar-refractivity contribution is 5.75. The highest BCUT2D eigenvalue weighted by atomic mass is 16.5. The van der Waals surface area contributed by atoms with Crippen LogP contribution in [-0.4, -0.2) is 45.6 Å². The van der Waals surface area contributed by atoms with Gasteiger partial charge in [0.05, 0.1) is 6.54 Å². The molecule has 1 aliphatic rings.